The molecule has 2 aromatic carbocycles. The van der Waals surface area contributed by atoms with Crippen LogP contribution < -0.4 is 9.47 Å². The predicted molar refractivity (Wildman–Crippen MR) is 130 cm³/mol. The van der Waals surface area contributed by atoms with Gasteiger partial charge in [-0.15, -0.1) is 0 Å². The van der Waals surface area contributed by atoms with Crippen LogP contribution in [-0.4, -0.2) is 26.3 Å². The van der Waals surface area contributed by atoms with E-state index in [0.717, 1.165) is 42.7 Å². The Bertz CT molecular complexity index is 1070. The molecule has 4 nitrogen and oxygen atoms in total. The normalized spacial score (nSPS) is 31.3. The second-order valence-corrected chi connectivity index (χ2v) is 10.2. The smallest absolute Gasteiger partial charge is 0.303 e. The number of hydrogen-bond donors (Lipinski definition) is 0. The van der Waals surface area contributed by atoms with E-state index in [1.165, 1.54) is 30.0 Å². The molecule has 5 unspecified atom stereocenters. The molecule has 2 fully saturated rings. The molecule has 0 radical (unpaired) electrons. The zero-order valence-corrected chi connectivity index (χ0v) is 20.1. The van der Waals surface area contributed by atoms with Crippen molar-refractivity contribution in [3.8, 4) is 11.5 Å². The fourth-order valence-electron chi connectivity index (χ4n) is 6.95. The van der Waals surface area contributed by atoms with Gasteiger partial charge in [0.15, 0.2) is 0 Å². The molecule has 0 aromatic heterocycles. The summed E-state index contributed by atoms with van der Waals surface area (Å²) in [5.74, 6) is 3.32. The van der Waals surface area contributed by atoms with Gasteiger partial charge in [-0.1, -0.05) is 31.2 Å². The molecule has 0 saturated heterocycles. The van der Waals surface area contributed by atoms with Crippen LogP contribution in [0.25, 0.3) is 6.08 Å². The molecule has 3 aliphatic carbocycles. The molecule has 3 aliphatic rings. The molecule has 0 N–H and O–H groups in total. The summed E-state index contributed by atoms with van der Waals surface area (Å²) in [6, 6.07) is 14.8. The number of carbonyl (C=O) groups is 1. The van der Waals surface area contributed by atoms with Gasteiger partial charge >= 0.3 is 5.97 Å². The zero-order chi connectivity index (χ0) is 23.2. The first-order valence-electron chi connectivity index (χ1n) is 12.1. The number of methoxy groups -OCH3 is 2. The first kappa shape index (κ1) is 22.1. The van der Waals surface area contributed by atoms with E-state index in [9.17, 15) is 4.79 Å². The topological polar surface area (TPSA) is 44.8 Å². The molecule has 4 heteroatoms. The van der Waals surface area contributed by atoms with Crippen molar-refractivity contribution in [2.45, 2.75) is 58.0 Å². The lowest BCUT2D eigenvalue weighted by atomic mass is 9.55. The van der Waals surface area contributed by atoms with Crippen molar-refractivity contribution in [3.05, 3.63) is 64.7 Å². The lowest BCUT2D eigenvalue weighted by Gasteiger charge is -2.50. The quantitative estimate of drug-likeness (QED) is 0.526. The minimum atomic E-state index is -0.189. The van der Waals surface area contributed by atoms with Gasteiger partial charge in [-0.3, -0.25) is 4.79 Å². The lowest BCUT2D eigenvalue weighted by Crippen LogP contribution is -2.45. The molecule has 2 saturated carbocycles. The van der Waals surface area contributed by atoms with Crippen molar-refractivity contribution in [2.75, 3.05) is 14.2 Å². The van der Waals surface area contributed by atoms with Crippen LogP contribution in [0.15, 0.2) is 48.0 Å². The second-order valence-electron chi connectivity index (χ2n) is 10.2. The third kappa shape index (κ3) is 3.84. The molecule has 5 atom stereocenters. The van der Waals surface area contributed by atoms with E-state index < -0.39 is 0 Å². The Balaban J connectivity index is 1.49. The summed E-state index contributed by atoms with van der Waals surface area (Å²) in [6.45, 7) is 3.90. The molecular weight excluding hydrogens is 412 g/mol. The van der Waals surface area contributed by atoms with Crippen LogP contribution >= 0.6 is 0 Å². The molecule has 0 amide bonds. The van der Waals surface area contributed by atoms with Gasteiger partial charge in [-0.05, 0) is 96.4 Å². The van der Waals surface area contributed by atoms with E-state index in [1.807, 2.05) is 12.1 Å². The first-order chi connectivity index (χ1) is 15.9. The molecule has 174 valence electrons. The van der Waals surface area contributed by atoms with Gasteiger partial charge < -0.3 is 14.2 Å². The standard InChI is InChI=1S/C29H34O4/c1-18(30)33-28-21(15-19-5-8-22(31-3)9-6-19)17-27-26-11-7-20-16-23(32-4)10-12-24(20)25(26)13-14-29(27,28)2/h5-6,8-10,12,15-16,25-28H,7,11,13-14,17H2,1-4H3. The van der Waals surface area contributed by atoms with Crippen LogP contribution in [0.3, 0.4) is 0 Å². The maximum absolute atomic E-state index is 12.1. The molecule has 2 aromatic rings. The summed E-state index contributed by atoms with van der Waals surface area (Å²) in [5, 5.41) is 0. The van der Waals surface area contributed by atoms with Gasteiger partial charge in [0.1, 0.15) is 17.6 Å². The Morgan fingerprint density at radius 2 is 1.76 bits per heavy atom. The van der Waals surface area contributed by atoms with E-state index in [0.29, 0.717) is 17.8 Å². The molecule has 0 bridgehead atoms. The monoisotopic (exact) mass is 446 g/mol. The van der Waals surface area contributed by atoms with E-state index in [1.54, 1.807) is 14.2 Å². The number of rotatable bonds is 4. The van der Waals surface area contributed by atoms with Crippen molar-refractivity contribution in [2.24, 2.45) is 17.3 Å². The number of benzene rings is 2. The average Bonchev–Trinajstić information content (AvgIpc) is 3.10. The highest BCUT2D eigenvalue weighted by Crippen LogP contribution is 2.63. The highest BCUT2D eigenvalue weighted by molar-refractivity contribution is 5.67. The van der Waals surface area contributed by atoms with E-state index in [4.69, 9.17) is 14.2 Å². The van der Waals surface area contributed by atoms with E-state index in [2.05, 4.69) is 43.3 Å². The molecule has 0 heterocycles. The number of aryl methyl sites for hydroxylation is 1. The first-order valence-corrected chi connectivity index (χ1v) is 12.1. The van der Waals surface area contributed by atoms with Crippen LogP contribution in [0.5, 0.6) is 11.5 Å². The van der Waals surface area contributed by atoms with Crippen molar-refractivity contribution < 1.29 is 19.0 Å². The largest absolute Gasteiger partial charge is 0.497 e. The van der Waals surface area contributed by atoms with Crippen molar-refractivity contribution in [1.82, 2.24) is 0 Å². The SMILES string of the molecule is COc1ccc(C=C2CC3C4CCc5cc(OC)ccc5C4CCC3(C)C2OC(C)=O)cc1. The van der Waals surface area contributed by atoms with E-state index in [-0.39, 0.29) is 17.5 Å². The second kappa shape index (κ2) is 8.55. The zero-order valence-electron chi connectivity index (χ0n) is 20.1. The molecular formula is C29H34O4. The van der Waals surface area contributed by atoms with Gasteiger partial charge in [0.2, 0.25) is 0 Å². The highest BCUT2D eigenvalue weighted by Gasteiger charge is 2.58. The number of hydrogen-bond acceptors (Lipinski definition) is 4. The van der Waals surface area contributed by atoms with Gasteiger partial charge in [0.05, 0.1) is 14.2 Å². The summed E-state index contributed by atoms with van der Waals surface area (Å²) < 4.78 is 16.8. The Kier molecular flexibility index (Phi) is 5.72. The van der Waals surface area contributed by atoms with Crippen LogP contribution in [0.2, 0.25) is 0 Å². The van der Waals surface area contributed by atoms with Crippen molar-refractivity contribution >= 4 is 12.0 Å². The highest BCUT2D eigenvalue weighted by atomic mass is 16.5. The molecule has 5 rings (SSSR count). The minimum Gasteiger partial charge on any atom is -0.497 e. The van der Waals surface area contributed by atoms with Gasteiger partial charge in [0.25, 0.3) is 0 Å². The predicted octanol–water partition coefficient (Wildman–Crippen LogP) is 6.19. The number of fused-ring (bicyclic) bond motifs is 5. The van der Waals surface area contributed by atoms with Gasteiger partial charge in [0, 0.05) is 12.3 Å². The summed E-state index contributed by atoms with van der Waals surface area (Å²) in [4.78, 5) is 12.1. The minimum absolute atomic E-state index is 0.0187. The molecule has 33 heavy (non-hydrogen) atoms. The van der Waals surface area contributed by atoms with Gasteiger partial charge in [-0.2, -0.15) is 0 Å². The average molecular weight is 447 g/mol. The van der Waals surface area contributed by atoms with Crippen LogP contribution in [0.4, 0.5) is 0 Å². The van der Waals surface area contributed by atoms with Crippen LogP contribution in [0, 0.1) is 17.3 Å². The summed E-state index contributed by atoms with van der Waals surface area (Å²) in [5.41, 5.74) is 5.31. The maximum Gasteiger partial charge on any atom is 0.303 e. The summed E-state index contributed by atoms with van der Waals surface area (Å²) >= 11 is 0. The van der Waals surface area contributed by atoms with Crippen LogP contribution in [-0.2, 0) is 16.0 Å². The Hall–Kier alpha value is -2.75. The molecule has 0 aliphatic heterocycles. The summed E-state index contributed by atoms with van der Waals surface area (Å²) in [6.07, 6.45) is 7.58. The fourth-order valence-corrected chi connectivity index (χ4v) is 6.95. The summed E-state index contributed by atoms with van der Waals surface area (Å²) in [7, 11) is 3.42. The molecule has 0 spiro atoms. The number of ether oxygens (including phenoxy) is 3. The third-order valence-electron chi connectivity index (χ3n) is 8.51. The Labute approximate surface area is 196 Å². The number of esters is 1. The van der Waals surface area contributed by atoms with Crippen molar-refractivity contribution in [3.63, 3.8) is 0 Å². The lowest BCUT2D eigenvalue weighted by molar-refractivity contribution is -0.152. The maximum atomic E-state index is 12.1. The van der Waals surface area contributed by atoms with Crippen molar-refractivity contribution in [1.29, 1.82) is 0 Å². The fraction of sp³-hybridized carbons (Fsp3) is 0.483. The van der Waals surface area contributed by atoms with Crippen LogP contribution in [0.1, 0.15) is 62.1 Å². The Morgan fingerprint density at radius 1 is 1.03 bits per heavy atom. The third-order valence-corrected chi connectivity index (χ3v) is 8.51. The van der Waals surface area contributed by atoms with E-state index >= 15 is 0 Å². The number of carbonyl (C=O) groups excluding carboxylic acids is 1. The Morgan fingerprint density at radius 3 is 2.45 bits per heavy atom. The van der Waals surface area contributed by atoms with Gasteiger partial charge in [-0.25, -0.2) is 0 Å².